The predicted octanol–water partition coefficient (Wildman–Crippen LogP) is 4.34. The highest BCUT2D eigenvalue weighted by Gasteiger charge is 2.27. The van der Waals surface area contributed by atoms with E-state index in [0.29, 0.717) is 41.5 Å². The van der Waals surface area contributed by atoms with Crippen LogP contribution in [-0.4, -0.2) is 45.1 Å². The molecule has 8 nitrogen and oxygen atoms in total. The molecule has 0 bridgehead atoms. The van der Waals surface area contributed by atoms with Gasteiger partial charge in [0.25, 0.3) is 0 Å². The van der Waals surface area contributed by atoms with E-state index < -0.39 is 0 Å². The molecular weight excluding hydrogens is 444 g/mol. The number of carbonyl (C=O) groups is 1. The standard InChI is InChI=1S/C27H26N4O4/c1-3-26(32)29-15-5-6-20(18-29)31-24-13-14-28-17-25(24)30(27(31)33)19-9-11-21(12-10-19)35-23-8-4-7-22(16-23)34-2/h3-4,7-14,16-17,20H,1,5-6,15,18H2,2H3/t20-/m1/s1. The maximum Gasteiger partial charge on any atom is 0.334 e. The molecule has 5 rings (SSSR count). The zero-order valence-electron chi connectivity index (χ0n) is 19.5. The van der Waals surface area contributed by atoms with Gasteiger partial charge in [0.1, 0.15) is 17.2 Å². The fourth-order valence-corrected chi connectivity index (χ4v) is 4.63. The van der Waals surface area contributed by atoms with Gasteiger partial charge < -0.3 is 14.4 Å². The molecule has 0 saturated carbocycles. The Bertz CT molecular complexity index is 1440. The smallest absolute Gasteiger partial charge is 0.334 e. The van der Waals surface area contributed by atoms with E-state index in [1.807, 2.05) is 54.6 Å². The van der Waals surface area contributed by atoms with Gasteiger partial charge in [-0.25, -0.2) is 4.79 Å². The third-order valence-corrected chi connectivity index (χ3v) is 6.30. The summed E-state index contributed by atoms with van der Waals surface area (Å²) in [6, 6.07) is 16.4. The van der Waals surface area contributed by atoms with Gasteiger partial charge >= 0.3 is 5.69 Å². The first-order valence-electron chi connectivity index (χ1n) is 11.5. The Morgan fingerprint density at radius 1 is 1.09 bits per heavy atom. The van der Waals surface area contributed by atoms with Crippen molar-refractivity contribution < 1.29 is 14.3 Å². The molecule has 0 spiro atoms. The van der Waals surface area contributed by atoms with Crippen molar-refractivity contribution in [3.8, 4) is 22.9 Å². The van der Waals surface area contributed by atoms with E-state index in [0.717, 1.165) is 18.4 Å². The lowest BCUT2D eigenvalue weighted by atomic mass is 10.1. The van der Waals surface area contributed by atoms with E-state index in [9.17, 15) is 9.59 Å². The number of aromatic nitrogens is 3. The van der Waals surface area contributed by atoms with Gasteiger partial charge in [0.15, 0.2) is 0 Å². The van der Waals surface area contributed by atoms with Crippen LogP contribution in [0.4, 0.5) is 0 Å². The molecule has 0 aliphatic carbocycles. The van der Waals surface area contributed by atoms with Crippen molar-refractivity contribution in [3.05, 3.63) is 90.1 Å². The van der Waals surface area contributed by atoms with E-state index in [1.165, 1.54) is 6.08 Å². The second kappa shape index (κ2) is 9.50. The second-order valence-corrected chi connectivity index (χ2v) is 8.41. The second-order valence-electron chi connectivity index (χ2n) is 8.41. The third-order valence-electron chi connectivity index (χ3n) is 6.30. The summed E-state index contributed by atoms with van der Waals surface area (Å²) < 4.78 is 14.6. The topological polar surface area (TPSA) is 78.6 Å². The number of carbonyl (C=O) groups excluding carboxylic acids is 1. The first-order valence-corrected chi connectivity index (χ1v) is 11.5. The molecule has 1 amide bonds. The Kier molecular flexibility index (Phi) is 6.10. The van der Waals surface area contributed by atoms with Gasteiger partial charge in [-0.3, -0.25) is 18.9 Å². The van der Waals surface area contributed by atoms with Gasteiger partial charge in [0.05, 0.1) is 36.1 Å². The number of hydrogen-bond acceptors (Lipinski definition) is 5. The SMILES string of the molecule is C=CC(=O)N1CCC[C@@H](n2c(=O)n(-c3ccc(Oc4cccc(OC)c4)cc3)c3cnccc32)C1. The van der Waals surface area contributed by atoms with Crippen molar-refractivity contribution >= 4 is 16.9 Å². The average Bonchev–Trinajstić information content (AvgIpc) is 3.20. The molecule has 1 aliphatic heterocycles. The number of ether oxygens (including phenoxy) is 2. The van der Waals surface area contributed by atoms with Gasteiger partial charge in [-0.05, 0) is 61.4 Å². The van der Waals surface area contributed by atoms with Crippen LogP contribution in [0.5, 0.6) is 17.2 Å². The van der Waals surface area contributed by atoms with E-state index in [-0.39, 0.29) is 17.6 Å². The third kappa shape index (κ3) is 4.30. The van der Waals surface area contributed by atoms with E-state index in [2.05, 4.69) is 11.6 Å². The molecule has 3 heterocycles. The van der Waals surface area contributed by atoms with Crippen molar-refractivity contribution in [3.63, 3.8) is 0 Å². The lowest BCUT2D eigenvalue weighted by molar-refractivity contribution is -0.127. The normalized spacial score (nSPS) is 15.7. The van der Waals surface area contributed by atoms with Gasteiger partial charge in [0.2, 0.25) is 5.91 Å². The number of imidazole rings is 1. The van der Waals surface area contributed by atoms with Crippen LogP contribution in [0.2, 0.25) is 0 Å². The Balaban J connectivity index is 1.49. The molecule has 2 aromatic heterocycles. The van der Waals surface area contributed by atoms with Crippen molar-refractivity contribution in [1.29, 1.82) is 0 Å². The molecule has 4 aromatic rings. The highest BCUT2D eigenvalue weighted by molar-refractivity contribution is 5.87. The zero-order valence-corrected chi connectivity index (χ0v) is 19.5. The molecule has 0 radical (unpaired) electrons. The highest BCUT2D eigenvalue weighted by atomic mass is 16.5. The molecule has 1 saturated heterocycles. The largest absolute Gasteiger partial charge is 0.497 e. The van der Waals surface area contributed by atoms with Crippen LogP contribution in [0.1, 0.15) is 18.9 Å². The average molecular weight is 471 g/mol. The number of likely N-dealkylation sites (tertiary alicyclic amines) is 1. The lowest BCUT2D eigenvalue weighted by Gasteiger charge is -2.32. The minimum absolute atomic E-state index is 0.111. The van der Waals surface area contributed by atoms with Crippen LogP contribution in [0, 0.1) is 0 Å². The van der Waals surface area contributed by atoms with Gasteiger partial charge in [0, 0.05) is 25.4 Å². The number of benzene rings is 2. The minimum atomic E-state index is -0.160. The van der Waals surface area contributed by atoms with Gasteiger partial charge in [-0.1, -0.05) is 12.6 Å². The molecule has 2 aromatic carbocycles. The van der Waals surface area contributed by atoms with E-state index in [4.69, 9.17) is 9.47 Å². The Morgan fingerprint density at radius 3 is 2.66 bits per heavy atom. The summed E-state index contributed by atoms with van der Waals surface area (Å²) in [5.41, 5.74) is 2.05. The Morgan fingerprint density at radius 2 is 1.89 bits per heavy atom. The van der Waals surface area contributed by atoms with Crippen molar-refractivity contribution in [2.75, 3.05) is 20.2 Å². The van der Waals surface area contributed by atoms with Crippen LogP contribution in [0.3, 0.4) is 0 Å². The summed E-state index contributed by atoms with van der Waals surface area (Å²) in [6.45, 7) is 4.74. The Hall–Kier alpha value is -4.33. The summed E-state index contributed by atoms with van der Waals surface area (Å²) >= 11 is 0. The van der Waals surface area contributed by atoms with E-state index >= 15 is 0 Å². The number of fused-ring (bicyclic) bond motifs is 1. The van der Waals surface area contributed by atoms with Gasteiger partial charge in [-0.2, -0.15) is 0 Å². The maximum atomic E-state index is 13.7. The number of nitrogens with zero attached hydrogens (tertiary/aromatic N) is 4. The van der Waals surface area contributed by atoms with Crippen LogP contribution in [0.25, 0.3) is 16.7 Å². The fourth-order valence-electron chi connectivity index (χ4n) is 4.63. The minimum Gasteiger partial charge on any atom is -0.497 e. The molecule has 8 heteroatoms. The van der Waals surface area contributed by atoms with Gasteiger partial charge in [-0.15, -0.1) is 0 Å². The van der Waals surface area contributed by atoms with Crippen molar-refractivity contribution in [2.45, 2.75) is 18.9 Å². The number of amides is 1. The number of piperidine rings is 1. The first kappa shape index (κ1) is 22.5. The summed E-state index contributed by atoms with van der Waals surface area (Å²) in [6.07, 6.45) is 6.35. The molecule has 35 heavy (non-hydrogen) atoms. The summed E-state index contributed by atoms with van der Waals surface area (Å²) in [5, 5.41) is 0. The quantitative estimate of drug-likeness (QED) is 0.392. The van der Waals surface area contributed by atoms with Crippen LogP contribution >= 0.6 is 0 Å². The van der Waals surface area contributed by atoms with Crippen LogP contribution < -0.4 is 15.2 Å². The lowest BCUT2D eigenvalue weighted by Crippen LogP contribution is -2.42. The number of methoxy groups -OCH3 is 1. The zero-order chi connectivity index (χ0) is 24.4. The van der Waals surface area contributed by atoms with Crippen molar-refractivity contribution in [2.24, 2.45) is 0 Å². The maximum absolute atomic E-state index is 13.7. The predicted molar refractivity (Wildman–Crippen MR) is 133 cm³/mol. The molecular formula is C27H26N4O4. The number of rotatable bonds is 6. The molecule has 1 fully saturated rings. The van der Waals surface area contributed by atoms with E-state index in [1.54, 1.807) is 33.5 Å². The number of hydrogen-bond donors (Lipinski definition) is 0. The fraction of sp³-hybridized carbons (Fsp3) is 0.222. The van der Waals surface area contributed by atoms with Crippen molar-refractivity contribution in [1.82, 2.24) is 19.0 Å². The summed E-state index contributed by atoms with van der Waals surface area (Å²) in [7, 11) is 1.61. The van der Waals surface area contributed by atoms with Crippen LogP contribution in [-0.2, 0) is 4.79 Å². The molecule has 0 unspecified atom stereocenters. The molecule has 178 valence electrons. The molecule has 1 aliphatic rings. The summed E-state index contributed by atoms with van der Waals surface area (Å²) in [5.74, 6) is 1.90. The highest BCUT2D eigenvalue weighted by Crippen LogP contribution is 2.28. The summed E-state index contributed by atoms with van der Waals surface area (Å²) in [4.78, 5) is 31.9. The Labute approximate surface area is 202 Å². The van der Waals surface area contributed by atoms with Crippen LogP contribution in [0.15, 0.2) is 84.4 Å². The molecule has 0 N–H and O–H groups in total. The first-order chi connectivity index (χ1) is 17.1. The monoisotopic (exact) mass is 470 g/mol. The number of pyridine rings is 1. The molecule has 1 atom stereocenters.